The van der Waals surface area contributed by atoms with Crippen LogP contribution >= 0.6 is 22.3 Å². The van der Waals surface area contributed by atoms with Crippen LogP contribution in [0.4, 0.5) is 4.39 Å². The van der Waals surface area contributed by atoms with Gasteiger partial charge in [0.2, 0.25) is 0 Å². The number of hydrogen-bond donors (Lipinski definition) is 0. The molecule has 21 heavy (non-hydrogen) atoms. The highest BCUT2D eigenvalue weighted by molar-refractivity contribution is 8.13. The van der Waals surface area contributed by atoms with Gasteiger partial charge in [0, 0.05) is 21.3 Å². The van der Waals surface area contributed by atoms with Crippen LogP contribution in [0.25, 0.3) is 0 Å². The maximum Gasteiger partial charge on any atom is 0.261 e. The Morgan fingerprint density at radius 3 is 2.52 bits per heavy atom. The van der Waals surface area contributed by atoms with Crippen molar-refractivity contribution in [2.75, 3.05) is 0 Å². The summed E-state index contributed by atoms with van der Waals surface area (Å²) < 4.78 is 41.5. The Labute approximate surface area is 131 Å². The lowest BCUT2D eigenvalue weighted by atomic mass is 10.2. The fourth-order valence-corrected chi connectivity index (χ4v) is 2.78. The van der Waals surface area contributed by atoms with Gasteiger partial charge in [0.1, 0.15) is 18.2 Å². The normalized spacial score (nSPS) is 11.4. The topological polar surface area (TPSA) is 43.4 Å². The summed E-state index contributed by atoms with van der Waals surface area (Å²) in [5.41, 5.74) is 0.898. The molecule has 0 amide bonds. The van der Waals surface area contributed by atoms with E-state index in [1.165, 1.54) is 36.4 Å². The Morgan fingerprint density at radius 1 is 1.19 bits per heavy atom. The molecule has 0 fully saturated rings. The number of halogens is 3. The zero-order valence-electron chi connectivity index (χ0n) is 10.9. The summed E-state index contributed by atoms with van der Waals surface area (Å²) in [7, 11) is 1.48. The van der Waals surface area contributed by atoms with Crippen LogP contribution in [0.15, 0.2) is 41.3 Å². The van der Waals surface area contributed by atoms with E-state index in [4.69, 9.17) is 27.0 Å². The van der Waals surface area contributed by atoms with E-state index in [-0.39, 0.29) is 11.5 Å². The van der Waals surface area contributed by atoms with Crippen molar-refractivity contribution in [1.29, 1.82) is 0 Å². The standard InChI is InChI=1S/C14H11Cl2FO3S/c1-9-6-12(21(16,18)19)3-5-14(9)20-8-10-7-11(15)2-4-13(10)17/h2-7H,8H2,1H3. The van der Waals surface area contributed by atoms with Crippen LogP contribution in [0.5, 0.6) is 5.75 Å². The summed E-state index contributed by atoms with van der Waals surface area (Å²) in [5.74, 6) is 0.0236. The van der Waals surface area contributed by atoms with Crippen molar-refractivity contribution in [3.05, 3.63) is 58.4 Å². The van der Waals surface area contributed by atoms with Gasteiger partial charge in [0.15, 0.2) is 0 Å². The maximum atomic E-state index is 13.6. The molecule has 7 heteroatoms. The lowest BCUT2D eigenvalue weighted by Crippen LogP contribution is -2.00. The lowest BCUT2D eigenvalue weighted by Gasteiger charge is -2.10. The van der Waals surface area contributed by atoms with Crippen molar-refractivity contribution in [2.45, 2.75) is 18.4 Å². The van der Waals surface area contributed by atoms with Gasteiger partial charge in [-0.2, -0.15) is 0 Å². The van der Waals surface area contributed by atoms with Crippen molar-refractivity contribution in [3.8, 4) is 5.75 Å². The van der Waals surface area contributed by atoms with Crippen molar-refractivity contribution in [3.63, 3.8) is 0 Å². The molecule has 0 saturated carbocycles. The van der Waals surface area contributed by atoms with Crippen LogP contribution in [0.3, 0.4) is 0 Å². The molecule has 0 heterocycles. The zero-order valence-corrected chi connectivity index (χ0v) is 13.3. The molecule has 2 aromatic rings. The summed E-state index contributed by atoms with van der Waals surface area (Å²) in [6, 6.07) is 8.39. The van der Waals surface area contributed by atoms with Gasteiger partial charge in [-0.15, -0.1) is 0 Å². The highest BCUT2D eigenvalue weighted by Gasteiger charge is 2.12. The number of hydrogen-bond acceptors (Lipinski definition) is 3. The van der Waals surface area contributed by atoms with Crippen LogP contribution in [0.2, 0.25) is 5.02 Å². The molecule has 0 aliphatic rings. The van der Waals surface area contributed by atoms with Gasteiger partial charge in [-0.05, 0) is 48.9 Å². The lowest BCUT2D eigenvalue weighted by molar-refractivity contribution is 0.297. The maximum absolute atomic E-state index is 13.6. The summed E-state index contributed by atoms with van der Waals surface area (Å²) >= 11 is 5.80. The van der Waals surface area contributed by atoms with E-state index < -0.39 is 14.9 Å². The molecule has 0 bridgehead atoms. The summed E-state index contributed by atoms with van der Waals surface area (Å²) in [4.78, 5) is -0.0112. The van der Waals surface area contributed by atoms with Crippen LogP contribution in [-0.2, 0) is 15.7 Å². The first-order valence-corrected chi connectivity index (χ1v) is 8.58. The Bertz CT molecular complexity index is 776. The van der Waals surface area contributed by atoms with Crippen LogP contribution in [0.1, 0.15) is 11.1 Å². The second-order valence-corrected chi connectivity index (χ2v) is 7.39. The quantitative estimate of drug-likeness (QED) is 0.774. The molecule has 0 saturated heterocycles. The van der Waals surface area contributed by atoms with E-state index in [0.717, 1.165) is 0 Å². The second-order valence-electron chi connectivity index (χ2n) is 4.39. The van der Waals surface area contributed by atoms with E-state index in [1.54, 1.807) is 6.92 Å². The van der Waals surface area contributed by atoms with Crippen molar-refractivity contribution in [2.24, 2.45) is 0 Å². The SMILES string of the molecule is Cc1cc(S(=O)(=O)Cl)ccc1OCc1cc(Cl)ccc1F. The Balaban J connectivity index is 2.19. The Hall–Kier alpha value is -1.30. The smallest absolute Gasteiger partial charge is 0.261 e. The molecule has 0 aromatic heterocycles. The highest BCUT2D eigenvalue weighted by atomic mass is 35.7. The fourth-order valence-electron chi connectivity index (χ4n) is 1.74. The molecule has 0 radical (unpaired) electrons. The Morgan fingerprint density at radius 2 is 1.90 bits per heavy atom. The average molecular weight is 349 g/mol. The monoisotopic (exact) mass is 348 g/mol. The molecule has 0 aliphatic carbocycles. The largest absolute Gasteiger partial charge is 0.489 e. The van der Waals surface area contributed by atoms with Gasteiger partial charge in [-0.25, -0.2) is 12.8 Å². The van der Waals surface area contributed by atoms with E-state index >= 15 is 0 Å². The van der Waals surface area contributed by atoms with Crippen molar-refractivity contribution < 1.29 is 17.5 Å². The van der Waals surface area contributed by atoms with Crippen molar-refractivity contribution >= 4 is 31.3 Å². The van der Waals surface area contributed by atoms with Gasteiger partial charge < -0.3 is 4.74 Å². The first-order chi connectivity index (χ1) is 9.77. The van der Waals surface area contributed by atoms with Crippen LogP contribution in [0, 0.1) is 12.7 Å². The fraction of sp³-hybridized carbons (Fsp3) is 0.143. The summed E-state index contributed by atoms with van der Waals surface area (Å²) in [6.07, 6.45) is 0. The van der Waals surface area contributed by atoms with Gasteiger partial charge in [0.05, 0.1) is 4.90 Å². The van der Waals surface area contributed by atoms with E-state index in [1.807, 2.05) is 0 Å². The molecule has 0 N–H and O–H groups in total. The molecule has 2 rings (SSSR count). The van der Waals surface area contributed by atoms with E-state index in [9.17, 15) is 12.8 Å². The minimum absolute atomic E-state index is 0.0112. The first-order valence-electron chi connectivity index (χ1n) is 5.89. The average Bonchev–Trinajstić information content (AvgIpc) is 2.40. The van der Waals surface area contributed by atoms with Gasteiger partial charge in [-0.3, -0.25) is 0 Å². The highest BCUT2D eigenvalue weighted by Crippen LogP contribution is 2.25. The third-order valence-corrected chi connectivity index (χ3v) is 4.41. The zero-order chi connectivity index (χ0) is 15.6. The molecule has 112 valence electrons. The summed E-state index contributed by atoms with van der Waals surface area (Å²) in [5, 5.41) is 0.412. The molecule has 0 aliphatic heterocycles. The second kappa shape index (κ2) is 6.22. The molecule has 0 spiro atoms. The van der Waals surface area contributed by atoms with Gasteiger partial charge >= 0.3 is 0 Å². The molecular formula is C14H11Cl2FO3S. The number of benzene rings is 2. The van der Waals surface area contributed by atoms with Crippen LogP contribution < -0.4 is 4.74 Å². The molecular weight excluding hydrogens is 338 g/mol. The summed E-state index contributed by atoms with van der Waals surface area (Å²) in [6.45, 7) is 1.66. The third-order valence-electron chi connectivity index (χ3n) is 2.82. The van der Waals surface area contributed by atoms with E-state index in [0.29, 0.717) is 21.9 Å². The predicted octanol–water partition coefficient (Wildman–Crippen LogP) is 4.29. The number of rotatable bonds is 4. The van der Waals surface area contributed by atoms with Crippen LogP contribution in [-0.4, -0.2) is 8.42 Å². The number of ether oxygens (including phenoxy) is 1. The molecule has 0 unspecified atom stereocenters. The van der Waals surface area contributed by atoms with Gasteiger partial charge in [-0.1, -0.05) is 11.6 Å². The number of aryl methyl sites for hydroxylation is 1. The minimum Gasteiger partial charge on any atom is -0.489 e. The Kier molecular flexibility index (Phi) is 4.76. The van der Waals surface area contributed by atoms with E-state index in [2.05, 4.69) is 0 Å². The third kappa shape index (κ3) is 4.09. The van der Waals surface area contributed by atoms with Crippen molar-refractivity contribution in [1.82, 2.24) is 0 Å². The molecule has 0 atom stereocenters. The molecule has 2 aromatic carbocycles. The van der Waals surface area contributed by atoms with Gasteiger partial charge in [0.25, 0.3) is 9.05 Å². The minimum atomic E-state index is -3.78. The first kappa shape index (κ1) is 16.1. The molecule has 3 nitrogen and oxygen atoms in total. The predicted molar refractivity (Wildman–Crippen MR) is 80.0 cm³/mol.